The molecule has 0 amide bonds. The molecule has 0 unspecified atom stereocenters. The fraction of sp³-hybridized carbons (Fsp3) is 0.357. The van der Waals surface area contributed by atoms with E-state index in [9.17, 15) is 23.2 Å². The molecule has 41 heavy (non-hydrogen) atoms. The Kier molecular flexibility index (Phi) is 9.42. The lowest BCUT2D eigenvalue weighted by atomic mass is 10.2. The van der Waals surface area contributed by atoms with E-state index in [1.165, 1.54) is 13.0 Å². The number of rotatable bonds is 13. The Bertz CT molecular complexity index is 1380. The number of halogens is 2. The molecule has 11 nitrogen and oxygen atoms in total. The van der Waals surface area contributed by atoms with E-state index >= 15 is 0 Å². The van der Waals surface area contributed by atoms with Crippen LogP contribution in [0, 0.1) is 0 Å². The van der Waals surface area contributed by atoms with Gasteiger partial charge in [-0.15, -0.1) is 0 Å². The number of carbonyl (C=O) groups excluding carboxylic acids is 2. The van der Waals surface area contributed by atoms with Gasteiger partial charge in [-0.1, -0.05) is 48.5 Å². The molecule has 218 valence electrons. The van der Waals surface area contributed by atoms with Crippen LogP contribution in [0.25, 0.3) is 0 Å². The summed E-state index contributed by atoms with van der Waals surface area (Å²) >= 11 is 0. The lowest BCUT2D eigenvalue weighted by molar-refractivity contribution is -0.227. The van der Waals surface area contributed by atoms with Crippen molar-refractivity contribution in [2.45, 2.75) is 56.6 Å². The van der Waals surface area contributed by atoms with Crippen LogP contribution in [0.1, 0.15) is 31.6 Å². The van der Waals surface area contributed by atoms with Crippen LogP contribution in [0.4, 0.5) is 14.6 Å². The molecule has 0 aliphatic carbocycles. The van der Waals surface area contributed by atoms with E-state index in [2.05, 4.69) is 10.3 Å². The van der Waals surface area contributed by atoms with Gasteiger partial charge >= 0.3 is 11.7 Å². The first-order valence-corrected chi connectivity index (χ1v) is 12.8. The standard InChI is InChI=1S/C28H30F2N4O7/c1-19(24(36)38-17-20-8-4-2-5-9-20)33-28(13-15-35,41-21-10-6-3-7-11-21)39-18-22-16-27(29,30)25(40-22)34-14-12-23(31)32-26(34)37/h2-12,14-15,19,22,25,33H,13,16-18H2,1H3,(H2,31,32,37)/t19-,22-,25+,28-/m0/s1. The number of aromatic nitrogens is 2. The van der Waals surface area contributed by atoms with Crippen LogP contribution < -0.4 is 21.5 Å². The van der Waals surface area contributed by atoms with Crippen LogP contribution in [0.15, 0.2) is 77.7 Å². The lowest BCUT2D eigenvalue weighted by Crippen LogP contribution is -2.59. The number of nitrogens with two attached hydrogens (primary N) is 1. The first kappa shape index (κ1) is 29.8. The minimum absolute atomic E-state index is 0.0124. The van der Waals surface area contributed by atoms with Gasteiger partial charge in [0.25, 0.3) is 11.8 Å². The van der Waals surface area contributed by atoms with Crippen molar-refractivity contribution in [2.75, 3.05) is 12.3 Å². The molecule has 13 heteroatoms. The molecular formula is C28H30F2N4O7. The molecule has 1 aromatic heterocycles. The summed E-state index contributed by atoms with van der Waals surface area (Å²) in [5.41, 5.74) is 5.24. The number of hydrogen-bond acceptors (Lipinski definition) is 10. The van der Waals surface area contributed by atoms with Gasteiger partial charge in [0, 0.05) is 12.6 Å². The molecule has 2 heterocycles. The third kappa shape index (κ3) is 7.72. The molecule has 0 saturated carbocycles. The zero-order chi connectivity index (χ0) is 29.5. The number of alkyl halides is 2. The molecule has 3 aromatic rings. The Morgan fingerprint density at radius 3 is 2.56 bits per heavy atom. The predicted molar refractivity (Wildman–Crippen MR) is 142 cm³/mol. The molecular weight excluding hydrogens is 542 g/mol. The number of ether oxygens (including phenoxy) is 4. The highest BCUT2D eigenvalue weighted by molar-refractivity contribution is 5.75. The summed E-state index contributed by atoms with van der Waals surface area (Å²) in [6.45, 7) is 1.02. The van der Waals surface area contributed by atoms with E-state index in [0.717, 1.165) is 11.8 Å². The van der Waals surface area contributed by atoms with Crippen LogP contribution in [0.3, 0.4) is 0 Å². The largest absolute Gasteiger partial charge is 0.460 e. The molecule has 0 spiro atoms. The van der Waals surface area contributed by atoms with Crippen molar-refractivity contribution in [3.8, 4) is 5.75 Å². The van der Waals surface area contributed by atoms with Gasteiger partial charge in [0.05, 0.1) is 19.1 Å². The van der Waals surface area contributed by atoms with Crippen molar-refractivity contribution in [1.82, 2.24) is 14.9 Å². The van der Waals surface area contributed by atoms with Gasteiger partial charge in [-0.2, -0.15) is 4.98 Å². The maximum atomic E-state index is 14.9. The topological polar surface area (TPSA) is 144 Å². The van der Waals surface area contributed by atoms with Gasteiger partial charge in [-0.3, -0.25) is 9.36 Å². The van der Waals surface area contributed by atoms with Crippen LogP contribution >= 0.6 is 0 Å². The Balaban J connectivity index is 1.50. The summed E-state index contributed by atoms with van der Waals surface area (Å²) in [6.07, 6.45) is -2.81. The second-order valence-electron chi connectivity index (χ2n) is 9.43. The van der Waals surface area contributed by atoms with Gasteiger partial charge < -0.3 is 29.5 Å². The molecule has 4 atom stereocenters. The number of nitrogens with zero attached hydrogens (tertiary/aromatic N) is 2. The maximum absolute atomic E-state index is 14.9. The second kappa shape index (κ2) is 13.0. The number of hydrogen-bond donors (Lipinski definition) is 2. The number of para-hydroxylation sites is 1. The van der Waals surface area contributed by atoms with Crippen LogP contribution in [-0.4, -0.2) is 52.4 Å². The van der Waals surface area contributed by atoms with Crippen molar-refractivity contribution in [1.29, 1.82) is 0 Å². The maximum Gasteiger partial charge on any atom is 0.351 e. The molecule has 1 saturated heterocycles. The first-order chi connectivity index (χ1) is 19.6. The normalized spacial score (nSPS) is 20.1. The van der Waals surface area contributed by atoms with E-state index in [1.54, 1.807) is 54.6 Å². The molecule has 0 bridgehead atoms. The zero-order valence-electron chi connectivity index (χ0n) is 22.2. The van der Waals surface area contributed by atoms with E-state index in [-0.39, 0.29) is 18.2 Å². The summed E-state index contributed by atoms with van der Waals surface area (Å²) in [4.78, 5) is 40.2. The molecule has 0 radical (unpaired) electrons. The van der Waals surface area contributed by atoms with Gasteiger partial charge in [0.15, 0.2) is 0 Å². The fourth-order valence-corrected chi connectivity index (χ4v) is 4.22. The van der Waals surface area contributed by atoms with Crippen LogP contribution in [-0.2, 0) is 30.4 Å². The van der Waals surface area contributed by atoms with E-state index in [0.29, 0.717) is 10.9 Å². The zero-order valence-corrected chi connectivity index (χ0v) is 22.2. The van der Waals surface area contributed by atoms with Crippen molar-refractivity contribution < 1.29 is 37.3 Å². The smallest absolute Gasteiger partial charge is 0.351 e. The lowest BCUT2D eigenvalue weighted by Gasteiger charge is -2.36. The van der Waals surface area contributed by atoms with Crippen molar-refractivity contribution >= 4 is 18.1 Å². The number of anilines is 1. The number of esters is 1. The molecule has 3 N–H and O–H groups in total. The van der Waals surface area contributed by atoms with Crippen molar-refractivity contribution in [3.63, 3.8) is 0 Å². The molecule has 1 aliphatic rings. The Labute approximate surface area is 234 Å². The summed E-state index contributed by atoms with van der Waals surface area (Å²) in [5.74, 6) is -5.91. The van der Waals surface area contributed by atoms with Crippen LogP contribution in [0.2, 0.25) is 0 Å². The number of nitrogens with one attached hydrogen (secondary N) is 1. The Morgan fingerprint density at radius 2 is 1.90 bits per heavy atom. The minimum Gasteiger partial charge on any atom is -0.460 e. The number of benzene rings is 2. The number of carbonyl (C=O) groups is 2. The van der Waals surface area contributed by atoms with Crippen molar-refractivity contribution in [3.05, 3.63) is 89.0 Å². The van der Waals surface area contributed by atoms with Gasteiger partial charge in [-0.25, -0.2) is 18.9 Å². The van der Waals surface area contributed by atoms with Gasteiger partial charge in [-0.05, 0) is 30.7 Å². The molecule has 1 fully saturated rings. The monoisotopic (exact) mass is 572 g/mol. The van der Waals surface area contributed by atoms with Crippen LogP contribution in [0.5, 0.6) is 5.75 Å². The summed E-state index contributed by atoms with van der Waals surface area (Å²) < 4.78 is 53.3. The average molecular weight is 573 g/mol. The highest BCUT2D eigenvalue weighted by atomic mass is 19.3. The average Bonchev–Trinajstić information content (AvgIpc) is 3.25. The third-order valence-electron chi connectivity index (χ3n) is 6.18. The van der Waals surface area contributed by atoms with E-state index < -0.39 is 61.3 Å². The quantitative estimate of drug-likeness (QED) is 0.178. The molecule has 1 aliphatic heterocycles. The van der Waals surface area contributed by atoms with E-state index in [1.807, 2.05) is 6.07 Å². The summed E-state index contributed by atoms with van der Waals surface area (Å²) in [6, 6.07) is 17.5. The second-order valence-corrected chi connectivity index (χ2v) is 9.43. The molecule has 2 aromatic carbocycles. The van der Waals surface area contributed by atoms with Crippen molar-refractivity contribution in [2.24, 2.45) is 0 Å². The third-order valence-corrected chi connectivity index (χ3v) is 6.18. The minimum atomic E-state index is -3.45. The highest BCUT2D eigenvalue weighted by Crippen LogP contribution is 2.42. The predicted octanol–water partition coefficient (Wildman–Crippen LogP) is 2.81. The molecule has 4 rings (SSSR count). The first-order valence-electron chi connectivity index (χ1n) is 12.8. The highest BCUT2D eigenvalue weighted by Gasteiger charge is 2.52. The SMILES string of the molecule is C[C@H](N[C@@](CC=O)(OC[C@@H]1CC(F)(F)[C@H](n2ccc(N)nc2=O)O1)Oc1ccccc1)C(=O)OCc1ccccc1. The van der Waals surface area contributed by atoms with E-state index in [4.69, 9.17) is 24.7 Å². The Hall–Kier alpha value is -4.20. The van der Waals surface area contributed by atoms with Gasteiger partial charge in [0.2, 0.25) is 6.23 Å². The van der Waals surface area contributed by atoms with Gasteiger partial charge in [0.1, 0.15) is 30.5 Å². The fourth-order valence-electron chi connectivity index (χ4n) is 4.22. The summed E-state index contributed by atoms with van der Waals surface area (Å²) in [5, 5.41) is 2.85. The summed E-state index contributed by atoms with van der Waals surface area (Å²) in [7, 11) is 0. The number of aldehydes is 1. The Morgan fingerprint density at radius 1 is 1.22 bits per heavy atom. The number of nitrogen functional groups attached to an aromatic ring is 1.